The van der Waals surface area contributed by atoms with E-state index in [0.29, 0.717) is 6.04 Å². The van der Waals surface area contributed by atoms with Crippen LogP contribution in [-0.4, -0.2) is 46.4 Å². The summed E-state index contributed by atoms with van der Waals surface area (Å²) in [7, 11) is 9.04. The maximum absolute atomic E-state index is 5.94. The molecule has 2 atom stereocenters. The first-order valence-corrected chi connectivity index (χ1v) is 11.0. The Kier molecular flexibility index (Phi) is 5.95. The Morgan fingerprint density at radius 3 is 2.09 bits per heavy atom. The minimum absolute atomic E-state index is 0.231. The summed E-state index contributed by atoms with van der Waals surface area (Å²) in [5.74, 6) is 3.29. The molecule has 0 aromatic heterocycles. The summed E-state index contributed by atoms with van der Waals surface area (Å²) < 4.78 is 23.2. The number of ether oxygens (including phenoxy) is 4. The number of rotatable bonds is 5. The number of hydrogen-bond donors (Lipinski definition) is 0. The summed E-state index contributed by atoms with van der Waals surface area (Å²) in [4.78, 5) is 2.40. The van der Waals surface area contributed by atoms with Gasteiger partial charge in [0.15, 0.2) is 0 Å². The molecule has 0 bridgehead atoms. The van der Waals surface area contributed by atoms with E-state index in [1.54, 1.807) is 28.4 Å². The summed E-state index contributed by atoms with van der Waals surface area (Å²) in [5, 5.41) is 2.06. The predicted octanol–water partition coefficient (Wildman–Crippen LogP) is 5.79. The Hall–Kier alpha value is -2.92. The van der Waals surface area contributed by atoms with Crippen LogP contribution in [0.25, 0.3) is 21.9 Å². The van der Waals surface area contributed by atoms with E-state index in [0.717, 1.165) is 56.9 Å². The predicted molar refractivity (Wildman–Crippen MR) is 130 cm³/mol. The van der Waals surface area contributed by atoms with Crippen LogP contribution in [0.4, 0.5) is 0 Å². The number of likely N-dealkylation sites (N-methyl/N-ethyl adjacent to an activating group) is 1. The minimum Gasteiger partial charge on any atom is -0.496 e. The molecule has 4 rings (SSSR count). The van der Waals surface area contributed by atoms with Gasteiger partial charge in [-0.3, -0.25) is 4.90 Å². The highest BCUT2D eigenvalue weighted by molar-refractivity contribution is 6.05. The van der Waals surface area contributed by atoms with Crippen molar-refractivity contribution in [3.05, 3.63) is 47.0 Å². The molecule has 5 nitrogen and oxygen atoms in total. The van der Waals surface area contributed by atoms with Gasteiger partial charge in [-0.1, -0.05) is 6.07 Å². The zero-order valence-corrected chi connectivity index (χ0v) is 20.3. The molecule has 1 aliphatic rings. The van der Waals surface area contributed by atoms with Crippen molar-refractivity contribution in [3.8, 4) is 34.1 Å². The molecule has 3 aromatic rings. The van der Waals surface area contributed by atoms with Crippen LogP contribution in [0, 0.1) is 6.92 Å². The molecule has 0 aliphatic carbocycles. The first kappa shape index (κ1) is 22.3. The monoisotopic (exact) mass is 435 g/mol. The molecule has 0 unspecified atom stereocenters. The number of fused-ring (bicyclic) bond motifs is 2. The third-order valence-corrected chi connectivity index (χ3v) is 6.96. The lowest BCUT2D eigenvalue weighted by molar-refractivity contribution is 0.175. The van der Waals surface area contributed by atoms with Crippen LogP contribution in [0.5, 0.6) is 23.0 Å². The lowest BCUT2D eigenvalue weighted by Gasteiger charge is -2.39. The Labute approximate surface area is 190 Å². The van der Waals surface area contributed by atoms with Gasteiger partial charge in [-0.15, -0.1) is 0 Å². The van der Waals surface area contributed by atoms with Gasteiger partial charge in [0.2, 0.25) is 0 Å². The van der Waals surface area contributed by atoms with Gasteiger partial charge >= 0.3 is 0 Å². The van der Waals surface area contributed by atoms with Crippen molar-refractivity contribution in [3.63, 3.8) is 0 Å². The normalized spacial score (nSPS) is 18.4. The molecule has 0 N–H and O–H groups in total. The fourth-order valence-corrected chi connectivity index (χ4v) is 5.12. The Morgan fingerprint density at radius 1 is 0.812 bits per heavy atom. The molecule has 1 aliphatic heterocycles. The van der Waals surface area contributed by atoms with Gasteiger partial charge in [0.05, 0.1) is 33.8 Å². The van der Waals surface area contributed by atoms with Crippen molar-refractivity contribution in [2.24, 2.45) is 0 Å². The van der Waals surface area contributed by atoms with Gasteiger partial charge in [0, 0.05) is 29.3 Å². The number of aryl methyl sites for hydroxylation is 1. The van der Waals surface area contributed by atoms with E-state index in [2.05, 4.69) is 50.9 Å². The molecule has 0 saturated heterocycles. The lowest BCUT2D eigenvalue weighted by Crippen LogP contribution is -2.38. The number of methoxy groups -OCH3 is 4. The zero-order chi connectivity index (χ0) is 23.2. The molecule has 32 heavy (non-hydrogen) atoms. The van der Waals surface area contributed by atoms with Gasteiger partial charge in [0.1, 0.15) is 23.0 Å². The van der Waals surface area contributed by atoms with E-state index in [-0.39, 0.29) is 6.04 Å². The topological polar surface area (TPSA) is 40.2 Å². The average Bonchev–Trinajstić information content (AvgIpc) is 2.80. The summed E-state index contributed by atoms with van der Waals surface area (Å²) in [6.45, 7) is 6.60. The molecule has 5 heteroatoms. The molecule has 3 aromatic carbocycles. The Bertz CT molecular complexity index is 1170. The Balaban J connectivity index is 2.15. The molecule has 0 saturated carbocycles. The van der Waals surface area contributed by atoms with Gasteiger partial charge in [0.25, 0.3) is 0 Å². The average molecular weight is 436 g/mol. The summed E-state index contributed by atoms with van der Waals surface area (Å²) in [6, 6.07) is 11.1. The maximum atomic E-state index is 5.94. The van der Waals surface area contributed by atoms with Crippen LogP contribution in [0.1, 0.15) is 36.6 Å². The van der Waals surface area contributed by atoms with Crippen molar-refractivity contribution in [2.45, 2.75) is 39.3 Å². The SMILES string of the molecule is COc1cc(OC)c2c(c1-c1ccc(OC)c3c(OC)cc(C)cc13)C[C@H](C)N(C)[C@@H]2C. The highest BCUT2D eigenvalue weighted by Crippen LogP contribution is 2.50. The van der Waals surface area contributed by atoms with Crippen LogP contribution in [0.2, 0.25) is 0 Å². The molecule has 0 amide bonds. The molecule has 0 radical (unpaired) electrons. The quantitative estimate of drug-likeness (QED) is 0.507. The standard InChI is InChI=1S/C27H33NO4/c1-15-11-19-18(9-10-21(29-5)27(19)22(12-15)30-6)26-20-13-16(2)28(4)17(3)25(20)23(31-7)14-24(26)32-8/h9-12,14,16-17H,13H2,1-8H3/t16-,17+/m0/s1. The van der Waals surface area contributed by atoms with E-state index >= 15 is 0 Å². The first-order valence-electron chi connectivity index (χ1n) is 11.0. The summed E-state index contributed by atoms with van der Waals surface area (Å²) >= 11 is 0. The van der Waals surface area contributed by atoms with Crippen LogP contribution < -0.4 is 18.9 Å². The van der Waals surface area contributed by atoms with Crippen LogP contribution in [0.3, 0.4) is 0 Å². The molecule has 0 fully saturated rings. The smallest absolute Gasteiger partial charge is 0.130 e. The van der Waals surface area contributed by atoms with Crippen LogP contribution in [-0.2, 0) is 6.42 Å². The van der Waals surface area contributed by atoms with Crippen molar-refractivity contribution >= 4 is 10.8 Å². The van der Waals surface area contributed by atoms with E-state index < -0.39 is 0 Å². The van der Waals surface area contributed by atoms with Crippen molar-refractivity contribution < 1.29 is 18.9 Å². The third-order valence-electron chi connectivity index (χ3n) is 6.96. The van der Waals surface area contributed by atoms with E-state index in [9.17, 15) is 0 Å². The van der Waals surface area contributed by atoms with Crippen LogP contribution in [0.15, 0.2) is 30.3 Å². The third kappa shape index (κ3) is 3.36. The lowest BCUT2D eigenvalue weighted by atomic mass is 9.82. The van der Waals surface area contributed by atoms with Gasteiger partial charge in [-0.25, -0.2) is 0 Å². The van der Waals surface area contributed by atoms with E-state index in [4.69, 9.17) is 18.9 Å². The second-order valence-corrected chi connectivity index (χ2v) is 8.65. The molecule has 1 heterocycles. The van der Waals surface area contributed by atoms with Gasteiger partial charge in [-0.05, 0) is 74.5 Å². The minimum atomic E-state index is 0.231. The van der Waals surface area contributed by atoms with E-state index in [1.807, 2.05) is 12.1 Å². The second kappa shape index (κ2) is 8.55. The molecular formula is C27H33NO4. The Morgan fingerprint density at radius 2 is 1.47 bits per heavy atom. The second-order valence-electron chi connectivity index (χ2n) is 8.65. The van der Waals surface area contributed by atoms with Crippen molar-refractivity contribution in [1.82, 2.24) is 4.90 Å². The zero-order valence-electron chi connectivity index (χ0n) is 20.3. The highest BCUT2D eigenvalue weighted by atomic mass is 16.5. The van der Waals surface area contributed by atoms with Crippen LogP contribution >= 0.6 is 0 Å². The number of nitrogens with zero attached hydrogens (tertiary/aromatic N) is 1. The molecule has 170 valence electrons. The highest BCUT2D eigenvalue weighted by Gasteiger charge is 2.33. The fraction of sp³-hybridized carbons (Fsp3) is 0.407. The van der Waals surface area contributed by atoms with Crippen molar-refractivity contribution in [1.29, 1.82) is 0 Å². The number of benzene rings is 3. The van der Waals surface area contributed by atoms with Crippen molar-refractivity contribution in [2.75, 3.05) is 35.5 Å². The van der Waals surface area contributed by atoms with Gasteiger partial charge < -0.3 is 18.9 Å². The fourth-order valence-electron chi connectivity index (χ4n) is 5.12. The summed E-state index contributed by atoms with van der Waals surface area (Å²) in [5.41, 5.74) is 5.88. The first-order chi connectivity index (χ1) is 15.4. The molecule has 0 spiro atoms. The maximum Gasteiger partial charge on any atom is 0.130 e. The number of hydrogen-bond acceptors (Lipinski definition) is 5. The molecular weight excluding hydrogens is 402 g/mol. The van der Waals surface area contributed by atoms with Gasteiger partial charge in [-0.2, -0.15) is 0 Å². The summed E-state index contributed by atoms with van der Waals surface area (Å²) in [6.07, 6.45) is 0.912. The largest absolute Gasteiger partial charge is 0.496 e. The van der Waals surface area contributed by atoms with E-state index in [1.165, 1.54) is 11.1 Å².